The Morgan fingerprint density at radius 1 is 0.907 bits per heavy atom. The Hall–Kier alpha value is -4.22. The zero-order chi connectivity index (χ0) is 30.7. The molecule has 43 heavy (non-hydrogen) atoms. The molecule has 3 atom stereocenters. The number of nitrogens with zero attached hydrogens (tertiary/aromatic N) is 1. The summed E-state index contributed by atoms with van der Waals surface area (Å²) in [5.74, 6) is -3.55. The average molecular weight is 613 g/mol. The number of nitrogens with one attached hydrogen (secondary N) is 1. The van der Waals surface area contributed by atoms with E-state index in [1.54, 1.807) is 12.1 Å². The van der Waals surface area contributed by atoms with Crippen LogP contribution in [-0.4, -0.2) is 38.3 Å². The van der Waals surface area contributed by atoms with Crippen molar-refractivity contribution in [3.8, 4) is 5.75 Å². The van der Waals surface area contributed by atoms with Crippen molar-refractivity contribution < 1.29 is 35.5 Å². The molecule has 5 rings (SSSR count). The van der Waals surface area contributed by atoms with Gasteiger partial charge in [0.1, 0.15) is 29.0 Å². The molecule has 4 aromatic carbocycles. The Balaban J connectivity index is 1.29. The molecule has 1 fully saturated rings. The Bertz CT molecular complexity index is 1710. The fourth-order valence-corrected chi connectivity index (χ4v) is 6.72. The molecule has 1 aliphatic heterocycles. The first kappa shape index (κ1) is 30.2. The van der Waals surface area contributed by atoms with Gasteiger partial charge in [-0.2, -0.15) is 4.31 Å². The molecule has 1 unspecified atom stereocenters. The minimum absolute atomic E-state index is 0.128. The number of hydrogen-bond acceptors (Lipinski definition) is 4. The van der Waals surface area contributed by atoms with Crippen LogP contribution in [0.1, 0.15) is 35.4 Å². The van der Waals surface area contributed by atoms with Crippen molar-refractivity contribution in [2.45, 2.75) is 36.1 Å². The summed E-state index contributed by atoms with van der Waals surface area (Å²) in [5, 5.41) is 2.70. The first-order valence-corrected chi connectivity index (χ1v) is 14.9. The molecule has 6 nitrogen and oxygen atoms in total. The van der Waals surface area contributed by atoms with Gasteiger partial charge in [0, 0.05) is 42.2 Å². The van der Waals surface area contributed by atoms with Crippen LogP contribution in [0, 0.1) is 23.3 Å². The summed E-state index contributed by atoms with van der Waals surface area (Å²) in [4.78, 5) is 13.3. The molecule has 1 saturated heterocycles. The third kappa shape index (κ3) is 7.06. The molecular weight excluding hydrogens is 584 g/mol. The molecule has 1 N–H and O–H groups in total. The van der Waals surface area contributed by atoms with Crippen LogP contribution in [-0.2, 0) is 21.2 Å². The standard InChI is InChI=1S/C32H28F4N2O4S/c1-42-26-10-12-27(13-11-26)43(40,41)38-19-25(38)9-14-28-30(36)3-2-4-31(28)37-32(39)18-29(20-5-7-22(33)8-6-20)21-15-23(34)17-24(35)16-21/h2-8,10-13,15-17,25,29H,9,14,18-19H2,1H3,(H,37,39)/t25-,29-,38?/m0/s1. The Morgan fingerprint density at radius 3 is 2.23 bits per heavy atom. The van der Waals surface area contributed by atoms with Gasteiger partial charge in [0.2, 0.25) is 15.9 Å². The maximum Gasteiger partial charge on any atom is 0.243 e. The summed E-state index contributed by atoms with van der Waals surface area (Å²) in [6.07, 6.45) is 0.207. The molecular formula is C32H28F4N2O4S. The maximum absolute atomic E-state index is 14.9. The average Bonchev–Trinajstić information content (AvgIpc) is 3.76. The molecule has 4 aromatic rings. The van der Waals surface area contributed by atoms with E-state index in [2.05, 4.69) is 5.32 Å². The smallest absolute Gasteiger partial charge is 0.243 e. The highest BCUT2D eigenvalue weighted by Gasteiger charge is 2.44. The lowest BCUT2D eigenvalue weighted by Crippen LogP contribution is -2.18. The summed E-state index contributed by atoms with van der Waals surface area (Å²) in [6.45, 7) is 0.286. The molecule has 0 aliphatic carbocycles. The third-order valence-corrected chi connectivity index (χ3v) is 9.33. The molecule has 1 aliphatic rings. The largest absolute Gasteiger partial charge is 0.497 e. The van der Waals surface area contributed by atoms with E-state index in [4.69, 9.17) is 4.74 Å². The van der Waals surface area contributed by atoms with Gasteiger partial charge in [-0.3, -0.25) is 4.79 Å². The number of anilines is 1. The minimum Gasteiger partial charge on any atom is -0.497 e. The summed E-state index contributed by atoms with van der Waals surface area (Å²) in [7, 11) is -2.24. The van der Waals surface area contributed by atoms with Gasteiger partial charge in [-0.15, -0.1) is 0 Å². The predicted octanol–water partition coefficient (Wildman–Crippen LogP) is 6.42. The van der Waals surface area contributed by atoms with Crippen LogP contribution < -0.4 is 10.1 Å². The van der Waals surface area contributed by atoms with Gasteiger partial charge >= 0.3 is 0 Å². The number of carbonyl (C=O) groups excluding carboxylic acids is 1. The first-order chi connectivity index (χ1) is 20.5. The highest BCUT2D eigenvalue weighted by Crippen LogP contribution is 2.34. The van der Waals surface area contributed by atoms with Crippen molar-refractivity contribution in [2.75, 3.05) is 19.0 Å². The monoisotopic (exact) mass is 612 g/mol. The second-order valence-corrected chi connectivity index (χ2v) is 12.2. The normalized spacial score (nSPS) is 16.9. The molecule has 224 valence electrons. The molecule has 0 bridgehead atoms. The molecule has 1 amide bonds. The zero-order valence-corrected chi connectivity index (χ0v) is 23.9. The minimum atomic E-state index is -3.72. The Kier molecular flexibility index (Phi) is 8.84. The summed E-state index contributed by atoms with van der Waals surface area (Å²) in [6, 6.07) is 18.1. The van der Waals surface area contributed by atoms with Crippen LogP contribution in [0.4, 0.5) is 23.2 Å². The lowest BCUT2D eigenvalue weighted by atomic mass is 9.88. The van der Waals surface area contributed by atoms with Crippen molar-refractivity contribution >= 4 is 21.6 Å². The number of sulfonamides is 1. The van der Waals surface area contributed by atoms with Crippen LogP contribution >= 0.6 is 0 Å². The zero-order valence-electron chi connectivity index (χ0n) is 23.1. The molecule has 1 heterocycles. The van der Waals surface area contributed by atoms with Gasteiger partial charge in [0.05, 0.1) is 12.0 Å². The van der Waals surface area contributed by atoms with Crippen LogP contribution in [0.5, 0.6) is 5.75 Å². The highest BCUT2D eigenvalue weighted by molar-refractivity contribution is 7.89. The molecule has 0 radical (unpaired) electrons. The highest BCUT2D eigenvalue weighted by atomic mass is 32.2. The first-order valence-electron chi connectivity index (χ1n) is 13.5. The van der Waals surface area contributed by atoms with E-state index in [-0.39, 0.29) is 47.1 Å². The number of benzene rings is 4. The number of carbonyl (C=O) groups is 1. The molecule has 0 aromatic heterocycles. The lowest BCUT2D eigenvalue weighted by Gasteiger charge is -2.19. The molecule has 11 heteroatoms. The number of methoxy groups -OCH3 is 1. The van der Waals surface area contributed by atoms with E-state index in [9.17, 15) is 30.8 Å². The number of ether oxygens (including phenoxy) is 1. The summed E-state index contributed by atoms with van der Waals surface area (Å²) in [5.41, 5.74) is 1.07. The topological polar surface area (TPSA) is 75.5 Å². The van der Waals surface area contributed by atoms with E-state index in [0.29, 0.717) is 23.8 Å². The Morgan fingerprint density at radius 2 is 1.58 bits per heavy atom. The third-order valence-electron chi connectivity index (χ3n) is 7.40. The van der Waals surface area contributed by atoms with Crippen LogP contribution in [0.15, 0.2) is 89.8 Å². The SMILES string of the molecule is COc1ccc(S(=O)(=O)N2C[C@@H]2CCc2c(F)cccc2NC(=O)C[C@@H](c2ccc(F)cc2)c2cc(F)cc(F)c2)cc1. The van der Waals surface area contributed by atoms with Crippen molar-refractivity contribution in [1.82, 2.24) is 4.31 Å². The van der Waals surface area contributed by atoms with E-state index in [1.807, 2.05) is 0 Å². The second-order valence-electron chi connectivity index (χ2n) is 10.3. The number of hydrogen-bond donors (Lipinski definition) is 1. The lowest BCUT2D eigenvalue weighted by molar-refractivity contribution is -0.116. The van der Waals surface area contributed by atoms with Gasteiger partial charge in [0.25, 0.3) is 0 Å². The van der Waals surface area contributed by atoms with Gasteiger partial charge in [-0.05, 0) is 84.6 Å². The predicted molar refractivity (Wildman–Crippen MR) is 153 cm³/mol. The molecule has 0 spiro atoms. The van der Waals surface area contributed by atoms with Crippen molar-refractivity contribution in [3.05, 3.63) is 125 Å². The van der Waals surface area contributed by atoms with Gasteiger partial charge < -0.3 is 10.1 Å². The van der Waals surface area contributed by atoms with E-state index < -0.39 is 45.1 Å². The summed E-state index contributed by atoms with van der Waals surface area (Å²) >= 11 is 0. The maximum atomic E-state index is 14.9. The number of halogens is 4. The van der Waals surface area contributed by atoms with Crippen molar-refractivity contribution in [2.24, 2.45) is 0 Å². The van der Waals surface area contributed by atoms with Crippen molar-refractivity contribution in [1.29, 1.82) is 0 Å². The fraction of sp³-hybridized carbons (Fsp3) is 0.219. The van der Waals surface area contributed by atoms with Gasteiger partial charge in [0.15, 0.2) is 0 Å². The second kappa shape index (κ2) is 12.6. The number of amides is 1. The van der Waals surface area contributed by atoms with E-state index in [1.165, 1.54) is 66.0 Å². The summed E-state index contributed by atoms with van der Waals surface area (Å²) < 4.78 is 89.0. The van der Waals surface area contributed by atoms with Gasteiger partial charge in [-0.25, -0.2) is 26.0 Å². The quantitative estimate of drug-likeness (QED) is 0.157. The van der Waals surface area contributed by atoms with Crippen LogP contribution in [0.3, 0.4) is 0 Å². The van der Waals surface area contributed by atoms with Crippen LogP contribution in [0.25, 0.3) is 0 Å². The Labute approximate surface area is 247 Å². The van der Waals surface area contributed by atoms with Crippen molar-refractivity contribution in [3.63, 3.8) is 0 Å². The van der Waals surface area contributed by atoms with E-state index >= 15 is 0 Å². The fourth-order valence-electron chi connectivity index (χ4n) is 5.10. The molecule has 0 saturated carbocycles. The number of rotatable bonds is 11. The van der Waals surface area contributed by atoms with Crippen LogP contribution in [0.2, 0.25) is 0 Å². The van der Waals surface area contributed by atoms with Gasteiger partial charge in [-0.1, -0.05) is 18.2 Å². The van der Waals surface area contributed by atoms with E-state index in [0.717, 1.165) is 12.1 Å².